The number of fused-ring (bicyclic) bond motifs is 1. The van der Waals surface area contributed by atoms with Gasteiger partial charge < -0.3 is 10.1 Å². The highest BCUT2D eigenvalue weighted by atomic mass is 35.5. The molecule has 0 radical (unpaired) electrons. The van der Waals surface area contributed by atoms with Crippen molar-refractivity contribution in [3.8, 4) is 11.9 Å². The summed E-state index contributed by atoms with van der Waals surface area (Å²) >= 11 is 5.92. The zero-order chi connectivity index (χ0) is 14.8. The Kier molecular flexibility index (Phi) is 3.35. The number of nitrogens with one attached hydrogen (secondary N) is 1. The highest BCUT2D eigenvalue weighted by Crippen LogP contribution is 2.28. The number of aromatic amines is 1. The zero-order valence-electron chi connectivity index (χ0n) is 10.8. The van der Waals surface area contributed by atoms with Crippen LogP contribution in [0.1, 0.15) is 11.1 Å². The summed E-state index contributed by atoms with van der Waals surface area (Å²) in [6, 6.07) is 14.3. The second-order valence-electron chi connectivity index (χ2n) is 4.50. The van der Waals surface area contributed by atoms with Crippen molar-refractivity contribution in [1.82, 2.24) is 4.98 Å². The topological polar surface area (TPSA) is 72.2 Å². The maximum absolute atomic E-state index is 9.96. The van der Waals surface area contributed by atoms with E-state index >= 15 is 0 Å². The number of aromatic nitrogens is 1. The first-order valence-corrected chi connectivity index (χ1v) is 6.59. The number of nitriles is 1. The number of hydrogen-bond acceptors (Lipinski definition) is 3. The first kappa shape index (κ1) is 13.2. The van der Waals surface area contributed by atoms with Gasteiger partial charge in [-0.2, -0.15) is 5.26 Å². The molecule has 0 saturated carbocycles. The monoisotopic (exact) mass is 295 g/mol. The van der Waals surface area contributed by atoms with Crippen molar-refractivity contribution in [2.45, 2.75) is 0 Å². The van der Waals surface area contributed by atoms with Crippen molar-refractivity contribution in [2.75, 3.05) is 0 Å². The van der Waals surface area contributed by atoms with Crippen LogP contribution in [-0.2, 0) is 0 Å². The average Bonchev–Trinajstić information content (AvgIpc) is 2.80. The molecule has 2 N–H and O–H groups in total. The molecule has 0 spiro atoms. The van der Waals surface area contributed by atoms with Crippen LogP contribution in [0.15, 0.2) is 47.5 Å². The predicted octanol–water partition coefficient (Wildman–Crippen LogP) is 4.15. The van der Waals surface area contributed by atoms with Crippen LogP contribution in [-0.4, -0.2) is 16.3 Å². The lowest BCUT2D eigenvalue weighted by Crippen LogP contribution is -1.79. The number of nitrogens with zero attached hydrogens (tertiary/aromatic N) is 2. The van der Waals surface area contributed by atoms with Gasteiger partial charge in [-0.05, 0) is 30.3 Å². The van der Waals surface area contributed by atoms with E-state index in [2.05, 4.69) is 16.0 Å². The summed E-state index contributed by atoms with van der Waals surface area (Å²) in [5.74, 6) is 0.0347. The van der Waals surface area contributed by atoms with Gasteiger partial charge in [0.1, 0.15) is 0 Å². The molecule has 0 atom stereocenters. The largest absolute Gasteiger partial charge is 0.494 e. The molecule has 0 bridgehead atoms. The summed E-state index contributed by atoms with van der Waals surface area (Å²) in [6.45, 7) is 0. The summed E-state index contributed by atoms with van der Waals surface area (Å²) in [5, 5.41) is 20.3. The molecule has 0 aliphatic heterocycles. The fraction of sp³-hybridized carbons (Fsp3) is 0. The quantitative estimate of drug-likeness (QED) is 0.697. The molecule has 5 heteroatoms. The van der Waals surface area contributed by atoms with Gasteiger partial charge in [0.2, 0.25) is 0 Å². The molecule has 0 amide bonds. The van der Waals surface area contributed by atoms with Crippen LogP contribution < -0.4 is 0 Å². The smallest absolute Gasteiger partial charge is 0.198 e. The van der Waals surface area contributed by atoms with Crippen LogP contribution in [0.25, 0.3) is 10.9 Å². The van der Waals surface area contributed by atoms with Crippen LogP contribution in [0, 0.1) is 11.3 Å². The van der Waals surface area contributed by atoms with Crippen LogP contribution in [0.5, 0.6) is 5.88 Å². The second kappa shape index (κ2) is 5.31. The molecule has 3 aromatic rings. The van der Waals surface area contributed by atoms with Gasteiger partial charge in [0.05, 0.1) is 28.4 Å². The molecule has 102 valence electrons. The standard InChI is InChI=1S/C16H10ClN3O/c17-11-4-5-13-14(16(21)20-15(13)7-11)9-19-12-3-1-2-10(6-12)8-18/h1-7,9,20-21H. The van der Waals surface area contributed by atoms with Gasteiger partial charge in [-0.3, -0.25) is 4.99 Å². The average molecular weight is 296 g/mol. The summed E-state index contributed by atoms with van der Waals surface area (Å²) in [7, 11) is 0. The van der Waals surface area contributed by atoms with Crippen LogP contribution >= 0.6 is 11.6 Å². The normalized spacial score (nSPS) is 11.0. The zero-order valence-corrected chi connectivity index (χ0v) is 11.6. The summed E-state index contributed by atoms with van der Waals surface area (Å²) in [5.41, 5.74) is 2.52. The van der Waals surface area contributed by atoms with Gasteiger partial charge in [0.25, 0.3) is 0 Å². The Hall–Kier alpha value is -2.77. The van der Waals surface area contributed by atoms with Crippen LogP contribution in [0.2, 0.25) is 5.02 Å². The predicted molar refractivity (Wildman–Crippen MR) is 83.4 cm³/mol. The third-order valence-corrected chi connectivity index (χ3v) is 3.33. The van der Waals surface area contributed by atoms with E-state index in [1.165, 1.54) is 0 Å². The number of H-pyrrole nitrogens is 1. The Morgan fingerprint density at radius 1 is 1.24 bits per heavy atom. The van der Waals surface area contributed by atoms with Gasteiger partial charge in [0, 0.05) is 16.6 Å². The minimum atomic E-state index is 0.0347. The molecule has 1 aromatic heterocycles. The molecule has 1 heterocycles. The Balaban J connectivity index is 2.03. The van der Waals surface area contributed by atoms with Crippen molar-refractivity contribution in [3.63, 3.8) is 0 Å². The number of rotatable bonds is 2. The molecule has 21 heavy (non-hydrogen) atoms. The second-order valence-corrected chi connectivity index (χ2v) is 4.93. The maximum atomic E-state index is 9.96. The molecule has 2 aromatic carbocycles. The third-order valence-electron chi connectivity index (χ3n) is 3.10. The van der Waals surface area contributed by atoms with Crippen molar-refractivity contribution < 1.29 is 5.11 Å². The van der Waals surface area contributed by atoms with Crippen molar-refractivity contribution >= 4 is 34.4 Å². The number of benzene rings is 2. The maximum Gasteiger partial charge on any atom is 0.198 e. The number of aromatic hydroxyl groups is 1. The molecule has 0 fully saturated rings. The summed E-state index contributed by atoms with van der Waals surface area (Å²) < 4.78 is 0. The van der Waals surface area contributed by atoms with E-state index in [0.717, 1.165) is 10.9 Å². The lowest BCUT2D eigenvalue weighted by molar-refractivity contribution is 0.457. The van der Waals surface area contributed by atoms with E-state index in [0.29, 0.717) is 21.8 Å². The van der Waals surface area contributed by atoms with E-state index in [9.17, 15) is 5.11 Å². The minimum absolute atomic E-state index is 0.0347. The van der Waals surface area contributed by atoms with Crippen LogP contribution in [0.4, 0.5) is 5.69 Å². The molecule has 0 aliphatic rings. The highest BCUT2D eigenvalue weighted by molar-refractivity contribution is 6.31. The Morgan fingerprint density at radius 3 is 2.90 bits per heavy atom. The fourth-order valence-corrected chi connectivity index (χ4v) is 2.27. The van der Waals surface area contributed by atoms with Crippen molar-refractivity contribution in [3.05, 3.63) is 58.6 Å². The lowest BCUT2D eigenvalue weighted by Gasteiger charge is -1.95. The first-order chi connectivity index (χ1) is 10.2. The number of hydrogen-bond donors (Lipinski definition) is 2. The molecule has 4 nitrogen and oxygen atoms in total. The number of halogens is 1. The Labute approximate surface area is 125 Å². The van der Waals surface area contributed by atoms with E-state index in [1.807, 2.05) is 6.07 Å². The summed E-state index contributed by atoms with van der Waals surface area (Å²) in [6.07, 6.45) is 1.57. The van der Waals surface area contributed by atoms with E-state index in [1.54, 1.807) is 42.6 Å². The van der Waals surface area contributed by atoms with Gasteiger partial charge in [-0.1, -0.05) is 23.7 Å². The number of aliphatic imine (C=N–C) groups is 1. The van der Waals surface area contributed by atoms with E-state index < -0.39 is 0 Å². The van der Waals surface area contributed by atoms with E-state index in [4.69, 9.17) is 16.9 Å². The Morgan fingerprint density at radius 2 is 2.10 bits per heavy atom. The van der Waals surface area contributed by atoms with Gasteiger partial charge in [-0.15, -0.1) is 0 Å². The third kappa shape index (κ3) is 2.60. The van der Waals surface area contributed by atoms with Crippen molar-refractivity contribution in [2.24, 2.45) is 4.99 Å². The summed E-state index contributed by atoms with van der Waals surface area (Å²) in [4.78, 5) is 7.16. The van der Waals surface area contributed by atoms with Crippen molar-refractivity contribution in [1.29, 1.82) is 5.26 Å². The fourth-order valence-electron chi connectivity index (χ4n) is 2.10. The van der Waals surface area contributed by atoms with Crippen LogP contribution in [0.3, 0.4) is 0 Å². The lowest BCUT2D eigenvalue weighted by atomic mass is 10.2. The molecular weight excluding hydrogens is 286 g/mol. The molecule has 3 rings (SSSR count). The molecule has 0 saturated heterocycles. The molecular formula is C16H10ClN3O. The molecule has 0 unspecified atom stereocenters. The molecule has 0 aliphatic carbocycles. The van der Waals surface area contributed by atoms with Gasteiger partial charge in [-0.25, -0.2) is 0 Å². The Bertz CT molecular complexity index is 890. The minimum Gasteiger partial charge on any atom is -0.494 e. The highest BCUT2D eigenvalue weighted by Gasteiger charge is 2.08. The first-order valence-electron chi connectivity index (χ1n) is 6.22. The SMILES string of the molecule is N#Cc1cccc(N=Cc2c(O)[nH]c3cc(Cl)ccc23)c1. The van der Waals surface area contributed by atoms with Gasteiger partial charge in [0.15, 0.2) is 5.88 Å². The van der Waals surface area contributed by atoms with Gasteiger partial charge >= 0.3 is 0 Å². The van der Waals surface area contributed by atoms with E-state index in [-0.39, 0.29) is 5.88 Å².